The van der Waals surface area contributed by atoms with E-state index in [4.69, 9.17) is 9.47 Å². The molecular formula is C13H17NO5S. The molecule has 110 valence electrons. The molecule has 0 bridgehead atoms. The zero-order chi connectivity index (χ0) is 15.1. The number of rotatable bonds is 7. The molecule has 0 aliphatic heterocycles. The second kappa shape index (κ2) is 7.74. The van der Waals surface area contributed by atoms with Crippen molar-refractivity contribution in [1.82, 2.24) is 0 Å². The van der Waals surface area contributed by atoms with E-state index in [0.717, 1.165) is 0 Å². The molecule has 0 unspecified atom stereocenters. The lowest BCUT2D eigenvalue weighted by atomic mass is 10.2. The summed E-state index contributed by atoms with van der Waals surface area (Å²) in [6, 6.07) is 4.40. The molecule has 0 radical (unpaired) electrons. The Labute approximate surface area is 121 Å². The molecule has 0 spiro atoms. The number of benzene rings is 1. The molecule has 0 saturated carbocycles. The van der Waals surface area contributed by atoms with Crippen molar-refractivity contribution in [2.45, 2.75) is 25.7 Å². The highest BCUT2D eigenvalue weighted by Gasteiger charge is 2.12. The molecule has 0 heterocycles. The zero-order valence-electron chi connectivity index (χ0n) is 11.6. The van der Waals surface area contributed by atoms with Crippen molar-refractivity contribution in [2.75, 3.05) is 12.9 Å². The summed E-state index contributed by atoms with van der Waals surface area (Å²) in [7, 11) is 1.50. The average molecular weight is 299 g/mol. The molecule has 7 heteroatoms. The van der Waals surface area contributed by atoms with E-state index in [-0.39, 0.29) is 23.5 Å². The lowest BCUT2D eigenvalue weighted by Gasteiger charge is -2.09. The van der Waals surface area contributed by atoms with Gasteiger partial charge in [0.2, 0.25) is 0 Å². The third-order valence-corrected chi connectivity index (χ3v) is 3.27. The van der Waals surface area contributed by atoms with Gasteiger partial charge in [0, 0.05) is 23.4 Å². The number of carbonyl (C=O) groups excluding carboxylic acids is 1. The van der Waals surface area contributed by atoms with E-state index in [2.05, 4.69) is 0 Å². The van der Waals surface area contributed by atoms with Crippen LogP contribution in [0.3, 0.4) is 0 Å². The number of esters is 1. The molecule has 0 amide bonds. The summed E-state index contributed by atoms with van der Waals surface area (Å²) in [6.45, 7) is 3.57. The Morgan fingerprint density at radius 3 is 2.70 bits per heavy atom. The third kappa shape index (κ3) is 5.08. The van der Waals surface area contributed by atoms with Gasteiger partial charge in [0.25, 0.3) is 5.69 Å². The van der Waals surface area contributed by atoms with Crippen LogP contribution in [-0.2, 0) is 15.3 Å². The van der Waals surface area contributed by atoms with Crippen LogP contribution in [0.5, 0.6) is 5.75 Å². The molecule has 0 fully saturated rings. The van der Waals surface area contributed by atoms with Gasteiger partial charge in [0.1, 0.15) is 5.75 Å². The van der Waals surface area contributed by atoms with Crippen LogP contribution in [0.25, 0.3) is 0 Å². The van der Waals surface area contributed by atoms with Crippen molar-refractivity contribution in [3.8, 4) is 5.75 Å². The van der Waals surface area contributed by atoms with Gasteiger partial charge in [-0.15, -0.1) is 11.8 Å². The predicted molar refractivity (Wildman–Crippen MR) is 77.0 cm³/mol. The maximum Gasteiger partial charge on any atom is 0.316 e. The number of non-ortho nitro benzene ring substituents is 1. The summed E-state index contributed by atoms with van der Waals surface area (Å²) in [5, 5.41) is 10.7. The molecule has 20 heavy (non-hydrogen) atoms. The summed E-state index contributed by atoms with van der Waals surface area (Å²) in [5.41, 5.74) is 0.690. The molecule has 0 aromatic heterocycles. The summed E-state index contributed by atoms with van der Waals surface area (Å²) < 4.78 is 10.2. The number of nitrogens with zero attached hydrogens (tertiary/aromatic N) is 1. The van der Waals surface area contributed by atoms with Crippen LogP contribution >= 0.6 is 11.8 Å². The fraction of sp³-hybridized carbons (Fsp3) is 0.462. The fourth-order valence-corrected chi connectivity index (χ4v) is 2.31. The SMILES string of the molecule is COc1ccc([N+](=O)[O-])cc1CSCC(=O)OC(C)C. The number of nitro benzene ring substituents is 1. The molecule has 1 aromatic carbocycles. The van der Waals surface area contributed by atoms with Gasteiger partial charge in [0.05, 0.1) is 23.9 Å². The van der Waals surface area contributed by atoms with Crippen LogP contribution in [0.4, 0.5) is 5.69 Å². The Balaban J connectivity index is 2.64. The van der Waals surface area contributed by atoms with Gasteiger partial charge in [0.15, 0.2) is 0 Å². The van der Waals surface area contributed by atoms with Gasteiger partial charge >= 0.3 is 5.97 Å². The van der Waals surface area contributed by atoms with E-state index in [1.807, 2.05) is 0 Å². The zero-order valence-corrected chi connectivity index (χ0v) is 12.4. The van der Waals surface area contributed by atoms with Gasteiger partial charge in [-0.2, -0.15) is 0 Å². The highest BCUT2D eigenvalue weighted by molar-refractivity contribution is 7.99. The number of hydrogen-bond acceptors (Lipinski definition) is 6. The Morgan fingerprint density at radius 1 is 1.45 bits per heavy atom. The minimum Gasteiger partial charge on any atom is -0.496 e. The van der Waals surface area contributed by atoms with Crippen molar-refractivity contribution in [3.05, 3.63) is 33.9 Å². The monoisotopic (exact) mass is 299 g/mol. The lowest BCUT2D eigenvalue weighted by Crippen LogP contribution is -2.13. The summed E-state index contributed by atoms with van der Waals surface area (Å²) in [6.07, 6.45) is -0.143. The van der Waals surface area contributed by atoms with Gasteiger partial charge in [-0.05, 0) is 19.9 Å². The minimum atomic E-state index is -0.458. The normalized spacial score (nSPS) is 10.4. The second-order valence-electron chi connectivity index (χ2n) is 4.28. The largest absolute Gasteiger partial charge is 0.496 e. The first-order chi connectivity index (χ1) is 9.43. The second-order valence-corrected chi connectivity index (χ2v) is 5.27. The highest BCUT2D eigenvalue weighted by Crippen LogP contribution is 2.27. The standard InChI is InChI=1S/C13H17NO5S/c1-9(2)19-13(15)8-20-7-10-6-11(14(16)17)4-5-12(10)18-3/h4-6,9H,7-8H2,1-3H3. The van der Waals surface area contributed by atoms with Gasteiger partial charge in [-0.1, -0.05) is 0 Å². The van der Waals surface area contributed by atoms with Crippen molar-refractivity contribution < 1.29 is 19.2 Å². The van der Waals surface area contributed by atoms with E-state index >= 15 is 0 Å². The molecule has 0 aliphatic carbocycles. The van der Waals surface area contributed by atoms with Crippen LogP contribution in [-0.4, -0.2) is 29.9 Å². The first-order valence-electron chi connectivity index (χ1n) is 6.02. The molecule has 0 atom stereocenters. The van der Waals surface area contributed by atoms with Gasteiger partial charge in [-0.25, -0.2) is 0 Å². The van der Waals surface area contributed by atoms with Gasteiger partial charge < -0.3 is 9.47 Å². The molecule has 0 saturated heterocycles. The highest BCUT2D eigenvalue weighted by atomic mass is 32.2. The number of carbonyl (C=O) groups is 1. The number of thioether (sulfide) groups is 1. The van der Waals surface area contributed by atoms with E-state index in [1.54, 1.807) is 19.9 Å². The molecular weight excluding hydrogens is 282 g/mol. The number of methoxy groups -OCH3 is 1. The molecule has 1 aromatic rings. The minimum absolute atomic E-state index is 0.00570. The van der Waals surface area contributed by atoms with Gasteiger partial charge in [-0.3, -0.25) is 14.9 Å². The van der Waals surface area contributed by atoms with Crippen LogP contribution in [0.2, 0.25) is 0 Å². The quantitative estimate of drug-likeness (QED) is 0.437. The number of nitro groups is 1. The van der Waals surface area contributed by atoms with Crippen LogP contribution < -0.4 is 4.74 Å². The summed E-state index contributed by atoms with van der Waals surface area (Å²) >= 11 is 1.33. The maximum absolute atomic E-state index is 11.4. The first kappa shape index (κ1) is 16.3. The smallest absolute Gasteiger partial charge is 0.316 e. The summed E-state index contributed by atoms with van der Waals surface area (Å²) in [5.74, 6) is 0.914. The molecule has 0 N–H and O–H groups in total. The van der Waals surface area contributed by atoms with Crippen LogP contribution in [0, 0.1) is 10.1 Å². The average Bonchev–Trinajstić information content (AvgIpc) is 2.37. The number of hydrogen-bond donors (Lipinski definition) is 0. The Morgan fingerprint density at radius 2 is 2.15 bits per heavy atom. The van der Waals surface area contributed by atoms with E-state index in [9.17, 15) is 14.9 Å². The van der Waals surface area contributed by atoms with Crippen molar-refractivity contribution in [2.24, 2.45) is 0 Å². The van der Waals surface area contributed by atoms with Crippen molar-refractivity contribution >= 4 is 23.4 Å². The fourth-order valence-electron chi connectivity index (χ4n) is 1.53. The van der Waals surface area contributed by atoms with Crippen LogP contribution in [0.15, 0.2) is 18.2 Å². The number of ether oxygens (including phenoxy) is 2. The Kier molecular flexibility index (Phi) is 6.30. The molecule has 1 rings (SSSR count). The molecule has 0 aliphatic rings. The maximum atomic E-state index is 11.4. The Hall–Kier alpha value is -1.76. The van der Waals surface area contributed by atoms with E-state index in [1.165, 1.54) is 31.0 Å². The topological polar surface area (TPSA) is 78.7 Å². The van der Waals surface area contributed by atoms with Crippen LogP contribution in [0.1, 0.15) is 19.4 Å². The van der Waals surface area contributed by atoms with E-state index in [0.29, 0.717) is 17.1 Å². The Bertz CT molecular complexity index is 490. The predicted octanol–water partition coefficient (Wildman–Crippen LogP) is 2.79. The lowest BCUT2D eigenvalue weighted by molar-refractivity contribution is -0.384. The summed E-state index contributed by atoms with van der Waals surface area (Å²) in [4.78, 5) is 21.7. The first-order valence-corrected chi connectivity index (χ1v) is 7.18. The van der Waals surface area contributed by atoms with Crippen molar-refractivity contribution in [1.29, 1.82) is 0 Å². The molecule has 6 nitrogen and oxygen atoms in total. The van der Waals surface area contributed by atoms with Crippen molar-refractivity contribution in [3.63, 3.8) is 0 Å². The third-order valence-electron chi connectivity index (χ3n) is 2.32. The van der Waals surface area contributed by atoms with E-state index < -0.39 is 4.92 Å².